The second-order valence-corrected chi connectivity index (χ2v) is 5.15. The van der Waals surface area contributed by atoms with Crippen molar-refractivity contribution in [2.75, 3.05) is 5.32 Å². The normalized spacial score (nSPS) is 10.5. The third-order valence-electron chi connectivity index (χ3n) is 2.65. The molecule has 1 heterocycles. The average molecular weight is 345 g/mol. The highest BCUT2D eigenvalue weighted by Crippen LogP contribution is 2.30. The van der Waals surface area contributed by atoms with Crippen molar-refractivity contribution in [1.29, 1.82) is 0 Å². The maximum Gasteiger partial charge on any atom is 0.371 e. The van der Waals surface area contributed by atoms with Gasteiger partial charge in [0.05, 0.1) is 15.2 Å². The van der Waals surface area contributed by atoms with E-state index >= 15 is 0 Å². The Morgan fingerprint density at radius 1 is 1.53 bits per heavy atom. The SMILES string of the molecule is Cc1oc(C(=O)O)cc1CNc1cccc(Cl)c1Br. The number of anilines is 1. The highest BCUT2D eigenvalue weighted by atomic mass is 79.9. The van der Waals surface area contributed by atoms with Gasteiger partial charge in [0, 0.05) is 12.1 Å². The Balaban J connectivity index is 2.14. The second-order valence-electron chi connectivity index (χ2n) is 3.95. The molecule has 100 valence electrons. The van der Waals surface area contributed by atoms with Crippen molar-refractivity contribution in [2.24, 2.45) is 0 Å². The van der Waals surface area contributed by atoms with Crippen molar-refractivity contribution in [3.8, 4) is 0 Å². The largest absolute Gasteiger partial charge is 0.475 e. The molecule has 2 rings (SSSR count). The first-order chi connectivity index (χ1) is 8.99. The van der Waals surface area contributed by atoms with Crippen LogP contribution in [0.1, 0.15) is 21.9 Å². The zero-order valence-corrected chi connectivity index (χ0v) is 12.4. The van der Waals surface area contributed by atoms with Crippen molar-refractivity contribution >= 4 is 39.2 Å². The Bertz CT molecular complexity index is 624. The van der Waals surface area contributed by atoms with E-state index in [-0.39, 0.29) is 5.76 Å². The molecule has 0 atom stereocenters. The first-order valence-corrected chi connectivity index (χ1v) is 6.66. The average Bonchev–Trinajstić information content (AvgIpc) is 2.73. The van der Waals surface area contributed by atoms with E-state index in [0.29, 0.717) is 17.3 Å². The van der Waals surface area contributed by atoms with Gasteiger partial charge < -0.3 is 14.8 Å². The molecule has 0 aliphatic rings. The van der Waals surface area contributed by atoms with Crippen LogP contribution in [0.25, 0.3) is 0 Å². The van der Waals surface area contributed by atoms with E-state index in [0.717, 1.165) is 15.7 Å². The van der Waals surface area contributed by atoms with Crippen molar-refractivity contribution in [3.05, 3.63) is 50.8 Å². The number of carboxylic acids is 1. The van der Waals surface area contributed by atoms with E-state index in [4.69, 9.17) is 21.1 Å². The number of halogens is 2. The Kier molecular flexibility index (Phi) is 4.17. The number of furan rings is 1. The molecule has 2 aromatic rings. The maximum atomic E-state index is 10.8. The van der Waals surface area contributed by atoms with Gasteiger partial charge in [-0.05, 0) is 41.1 Å². The van der Waals surface area contributed by atoms with Crippen LogP contribution in [-0.4, -0.2) is 11.1 Å². The lowest BCUT2D eigenvalue weighted by molar-refractivity contribution is 0.0661. The quantitative estimate of drug-likeness (QED) is 0.867. The Hall–Kier alpha value is -1.46. The number of rotatable bonds is 4. The van der Waals surface area contributed by atoms with Gasteiger partial charge in [-0.3, -0.25) is 0 Å². The molecule has 6 heteroatoms. The van der Waals surface area contributed by atoms with Crippen LogP contribution in [-0.2, 0) is 6.54 Å². The van der Waals surface area contributed by atoms with Gasteiger partial charge in [0.2, 0.25) is 5.76 Å². The molecule has 4 nitrogen and oxygen atoms in total. The summed E-state index contributed by atoms with van der Waals surface area (Å²) in [6, 6.07) is 7.01. The molecule has 1 aromatic heterocycles. The molecule has 0 radical (unpaired) electrons. The van der Waals surface area contributed by atoms with Crippen LogP contribution in [0.15, 0.2) is 33.2 Å². The Morgan fingerprint density at radius 3 is 2.89 bits per heavy atom. The summed E-state index contributed by atoms with van der Waals surface area (Å²) >= 11 is 9.38. The molecule has 0 aliphatic heterocycles. The van der Waals surface area contributed by atoms with Crippen LogP contribution >= 0.6 is 27.5 Å². The zero-order chi connectivity index (χ0) is 14.0. The zero-order valence-electron chi connectivity index (χ0n) is 10.0. The fraction of sp³-hybridized carbons (Fsp3) is 0.154. The molecule has 19 heavy (non-hydrogen) atoms. The molecule has 0 saturated carbocycles. The van der Waals surface area contributed by atoms with Crippen LogP contribution in [0.3, 0.4) is 0 Å². The van der Waals surface area contributed by atoms with Gasteiger partial charge in [0.25, 0.3) is 0 Å². The van der Waals surface area contributed by atoms with Gasteiger partial charge in [0.15, 0.2) is 0 Å². The summed E-state index contributed by atoms with van der Waals surface area (Å²) in [5.74, 6) is -0.541. The highest BCUT2D eigenvalue weighted by molar-refractivity contribution is 9.10. The van der Waals surface area contributed by atoms with Crippen LogP contribution in [0.2, 0.25) is 5.02 Å². The molecule has 1 aromatic carbocycles. The van der Waals surface area contributed by atoms with Gasteiger partial charge in [-0.15, -0.1) is 0 Å². The lowest BCUT2D eigenvalue weighted by Crippen LogP contribution is -2.00. The molecule has 0 aliphatic carbocycles. The maximum absolute atomic E-state index is 10.8. The van der Waals surface area contributed by atoms with E-state index in [1.54, 1.807) is 13.0 Å². The molecule has 0 saturated heterocycles. The number of hydrogen-bond acceptors (Lipinski definition) is 3. The summed E-state index contributed by atoms with van der Waals surface area (Å²) < 4.78 is 5.92. The number of carboxylic acid groups (broad SMARTS) is 1. The predicted octanol–water partition coefficient (Wildman–Crippen LogP) is 4.31. The van der Waals surface area contributed by atoms with Crippen LogP contribution in [0.4, 0.5) is 5.69 Å². The molecule has 0 spiro atoms. The number of nitrogens with one attached hydrogen (secondary N) is 1. The van der Waals surface area contributed by atoms with Crippen molar-refractivity contribution < 1.29 is 14.3 Å². The fourth-order valence-corrected chi connectivity index (χ4v) is 2.21. The van der Waals surface area contributed by atoms with Crippen LogP contribution in [0.5, 0.6) is 0 Å². The summed E-state index contributed by atoms with van der Waals surface area (Å²) in [6.45, 7) is 2.19. The minimum absolute atomic E-state index is 0.0561. The van der Waals surface area contributed by atoms with Gasteiger partial charge >= 0.3 is 5.97 Å². The highest BCUT2D eigenvalue weighted by Gasteiger charge is 2.13. The first kappa shape index (κ1) is 14.0. The monoisotopic (exact) mass is 343 g/mol. The van der Waals surface area contributed by atoms with E-state index in [1.165, 1.54) is 6.07 Å². The molecule has 2 N–H and O–H groups in total. The topological polar surface area (TPSA) is 62.5 Å². The Labute approximate surface area is 123 Å². The standard InChI is InChI=1S/C13H11BrClNO3/c1-7-8(5-11(19-7)13(17)18)6-16-10-4-2-3-9(15)12(10)14/h2-5,16H,6H2,1H3,(H,17,18). The molecular formula is C13H11BrClNO3. The minimum atomic E-state index is -1.07. The number of benzene rings is 1. The molecule has 0 unspecified atom stereocenters. The molecule has 0 amide bonds. The summed E-state index contributed by atoms with van der Waals surface area (Å²) in [7, 11) is 0. The summed E-state index contributed by atoms with van der Waals surface area (Å²) in [6.07, 6.45) is 0. The second kappa shape index (κ2) is 5.67. The lowest BCUT2D eigenvalue weighted by Gasteiger charge is -2.08. The summed E-state index contributed by atoms with van der Waals surface area (Å²) in [4.78, 5) is 10.8. The smallest absolute Gasteiger partial charge is 0.371 e. The van der Waals surface area contributed by atoms with Gasteiger partial charge in [-0.1, -0.05) is 17.7 Å². The molecule has 0 bridgehead atoms. The van der Waals surface area contributed by atoms with E-state index in [1.807, 2.05) is 12.1 Å². The lowest BCUT2D eigenvalue weighted by atomic mass is 10.2. The Morgan fingerprint density at radius 2 is 2.26 bits per heavy atom. The van der Waals surface area contributed by atoms with Crippen molar-refractivity contribution in [2.45, 2.75) is 13.5 Å². The third-order valence-corrected chi connectivity index (χ3v) is 4.05. The van der Waals surface area contributed by atoms with Crippen molar-refractivity contribution in [1.82, 2.24) is 0 Å². The van der Waals surface area contributed by atoms with Gasteiger partial charge in [-0.25, -0.2) is 4.79 Å². The minimum Gasteiger partial charge on any atom is -0.475 e. The summed E-state index contributed by atoms with van der Waals surface area (Å²) in [5, 5.41) is 12.6. The van der Waals surface area contributed by atoms with Gasteiger partial charge in [0.1, 0.15) is 5.76 Å². The van der Waals surface area contributed by atoms with Crippen LogP contribution in [0, 0.1) is 6.92 Å². The first-order valence-electron chi connectivity index (χ1n) is 5.49. The number of hydrogen-bond donors (Lipinski definition) is 2. The number of carbonyl (C=O) groups is 1. The number of aryl methyl sites for hydroxylation is 1. The summed E-state index contributed by atoms with van der Waals surface area (Å²) in [5.41, 5.74) is 1.63. The van der Waals surface area contributed by atoms with E-state index < -0.39 is 5.97 Å². The molecule has 0 fully saturated rings. The van der Waals surface area contributed by atoms with E-state index in [9.17, 15) is 4.79 Å². The predicted molar refractivity (Wildman–Crippen MR) is 76.9 cm³/mol. The van der Waals surface area contributed by atoms with Crippen molar-refractivity contribution in [3.63, 3.8) is 0 Å². The molecular weight excluding hydrogens is 334 g/mol. The van der Waals surface area contributed by atoms with Gasteiger partial charge in [-0.2, -0.15) is 0 Å². The third kappa shape index (κ3) is 3.11. The number of aromatic carboxylic acids is 1. The van der Waals surface area contributed by atoms with E-state index in [2.05, 4.69) is 21.2 Å². The fourth-order valence-electron chi connectivity index (χ4n) is 1.63. The van der Waals surface area contributed by atoms with Crippen LogP contribution < -0.4 is 5.32 Å².